The van der Waals surface area contributed by atoms with E-state index >= 15 is 0 Å². The minimum Gasteiger partial charge on any atom is -0.505 e. The molecule has 0 aliphatic rings. The van der Waals surface area contributed by atoms with Gasteiger partial charge in [-0.05, 0) is 60.8 Å². The molecule has 276 valence electrons. The Morgan fingerprint density at radius 1 is 0.685 bits per heavy atom. The Morgan fingerprint density at radius 2 is 1.26 bits per heavy atom. The Morgan fingerprint density at radius 3 is 1.85 bits per heavy atom. The largest absolute Gasteiger partial charge is 0.505 e. The van der Waals surface area contributed by atoms with Gasteiger partial charge in [0, 0.05) is 17.5 Å². The molecule has 1 heterocycles. The molecule has 0 amide bonds. The van der Waals surface area contributed by atoms with E-state index in [2.05, 4.69) is 40.8 Å². The van der Waals surface area contributed by atoms with Crippen LogP contribution in [0.1, 0.15) is 5.69 Å². The third-order valence-electron chi connectivity index (χ3n) is 7.49. The first-order chi connectivity index (χ1) is 26.4. The number of aliphatic hydroxyl groups excluding tert-OH is 2. The normalized spacial score (nSPS) is 11.8. The number of azo groups is 3. The highest BCUT2D eigenvalue weighted by Gasteiger charge is 2.20. The first-order valence-corrected chi connectivity index (χ1v) is 16.9. The van der Waals surface area contributed by atoms with E-state index in [0.717, 1.165) is 0 Å². The Hall–Kier alpha value is -6.28. The summed E-state index contributed by atoms with van der Waals surface area (Å²) >= 11 is 0.537. The van der Waals surface area contributed by atoms with Crippen molar-refractivity contribution < 1.29 is 44.5 Å². The lowest BCUT2D eigenvalue weighted by Crippen LogP contribution is -2.04. The average Bonchev–Trinajstić information content (AvgIpc) is 3.49. The number of hydrogen-bond donors (Lipinski definition) is 5. The van der Waals surface area contributed by atoms with Crippen LogP contribution in [0, 0.1) is 6.92 Å². The predicted octanol–water partition coefficient (Wildman–Crippen LogP) is 9.16. The summed E-state index contributed by atoms with van der Waals surface area (Å²) in [5, 5.41) is 85.0. The molecule has 54 heavy (non-hydrogen) atoms. The lowest BCUT2D eigenvalue weighted by atomic mass is 10.1. The summed E-state index contributed by atoms with van der Waals surface area (Å²) in [6.45, 7) is 0.939. The van der Waals surface area contributed by atoms with Gasteiger partial charge in [-0.2, -0.15) is 20.0 Å². The quantitative estimate of drug-likeness (QED) is 0.0271. The highest BCUT2D eigenvalue weighted by Crippen LogP contribution is 2.47. The van der Waals surface area contributed by atoms with Crippen LogP contribution in [0.5, 0.6) is 23.1 Å². The number of hydrogen-bond acceptors (Lipinski definition) is 17. The summed E-state index contributed by atoms with van der Waals surface area (Å²) in [5.41, 5.74) is 2.51. The molecule has 0 atom stereocenters. The number of aromatic hydroxyl groups is 2. The van der Waals surface area contributed by atoms with Gasteiger partial charge in [0.1, 0.15) is 41.8 Å². The monoisotopic (exact) mass is 752 g/mol. The molecule has 0 aliphatic heterocycles. The number of phenols is 1. The summed E-state index contributed by atoms with van der Waals surface area (Å²) in [6, 6.07) is 27.5. The van der Waals surface area contributed by atoms with E-state index < -0.39 is 0 Å². The second-order valence-corrected chi connectivity index (χ2v) is 11.8. The number of aromatic nitrogens is 2. The number of phenolic OH excluding ortho intramolecular Hbond substituents is 1. The van der Waals surface area contributed by atoms with E-state index in [0.29, 0.717) is 45.6 Å². The SMILES string of the molecule is Cc1nn(-c2ccc3c(O)c(/N=N/c4cc(OCCO)c(/N=N/c5ccccc5)cc4OCCO)c(SOOO)cc3c2)c(O)c1/N=N/c1ccccc1. The molecule has 1 aromatic heterocycles. The molecule has 5 aromatic carbocycles. The molecule has 0 aliphatic carbocycles. The van der Waals surface area contributed by atoms with Crippen LogP contribution in [0.15, 0.2) is 133 Å². The van der Waals surface area contributed by atoms with Crippen LogP contribution in [0.4, 0.5) is 34.1 Å². The van der Waals surface area contributed by atoms with E-state index in [4.69, 9.17) is 19.1 Å². The Kier molecular flexibility index (Phi) is 12.5. The molecule has 0 radical (unpaired) electrons. The van der Waals surface area contributed by atoms with Gasteiger partial charge < -0.3 is 29.9 Å². The van der Waals surface area contributed by atoms with Crippen LogP contribution in [0.25, 0.3) is 16.5 Å². The smallest absolute Gasteiger partial charge is 0.243 e. The first kappa shape index (κ1) is 37.5. The molecule has 0 fully saturated rings. The molecule has 17 nitrogen and oxygen atoms in total. The van der Waals surface area contributed by atoms with Crippen molar-refractivity contribution in [3.8, 4) is 28.8 Å². The molecule has 18 heteroatoms. The maximum atomic E-state index is 11.5. The van der Waals surface area contributed by atoms with Crippen molar-refractivity contribution in [2.45, 2.75) is 11.8 Å². The number of benzene rings is 5. The zero-order chi connectivity index (χ0) is 37.9. The fraction of sp³-hybridized carbons (Fsp3) is 0.139. The topological polar surface area (TPSA) is 230 Å². The maximum absolute atomic E-state index is 11.5. The Labute approximate surface area is 311 Å². The van der Waals surface area contributed by atoms with Gasteiger partial charge in [-0.15, -0.1) is 24.8 Å². The van der Waals surface area contributed by atoms with Gasteiger partial charge in [0.2, 0.25) is 5.88 Å². The van der Waals surface area contributed by atoms with Crippen LogP contribution in [-0.4, -0.2) is 61.9 Å². The summed E-state index contributed by atoms with van der Waals surface area (Å²) in [4.78, 5) is 0.163. The van der Waals surface area contributed by atoms with E-state index in [1.807, 2.05) is 36.4 Å². The third kappa shape index (κ3) is 8.84. The number of aryl methyl sites for hydroxylation is 1. The van der Waals surface area contributed by atoms with Crippen molar-refractivity contribution in [1.82, 2.24) is 9.78 Å². The van der Waals surface area contributed by atoms with Gasteiger partial charge in [0.25, 0.3) is 0 Å². The summed E-state index contributed by atoms with van der Waals surface area (Å²) in [7, 11) is 0. The first-order valence-electron chi connectivity index (χ1n) is 16.1. The number of nitrogens with zero attached hydrogens (tertiary/aromatic N) is 8. The molecule has 5 N–H and O–H groups in total. The minimum atomic E-state index is -0.312. The number of aliphatic hydroxyl groups is 2. The molecule has 0 bridgehead atoms. The fourth-order valence-corrected chi connectivity index (χ4v) is 5.53. The lowest BCUT2D eigenvalue weighted by Gasteiger charge is -2.13. The zero-order valence-corrected chi connectivity index (χ0v) is 29.2. The molecule has 6 aromatic rings. The van der Waals surface area contributed by atoms with Gasteiger partial charge in [0.05, 0.1) is 52.9 Å². The fourth-order valence-electron chi connectivity index (χ4n) is 5.04. The van der Waals surface area contributed by atoms with Gasteiger partial charge in [-0.3, -0.25) is 0 Å². The zero-order valence-electron chi connectivity index (χ0n) is 28.4. The van der Waals surface area contributed by atoms with Crippen molar-refractivity contribution in [3.63, 3.8) is 0 Å². The summed E-state index contributed by atoms with van der Waals surface area (Å²) in [5.74, 6) is -0.218. The van der Waals surface area contributed by atoms with Crippen molar-refractivity contribution in [2.24, 2.45) is 30.7 Å². The van der Waals surface area contributed by atoms with Crippen LogP contribution >= 0.6 is 12.0 Å². The second kappa shape index (κ2) is 18.0. The molecule has 0 unspecified atom stereocenters. The maximum Gasteiger partial charge on any atom is 0.243 e. The standard InChI is InChI=1S/C36H32N8O9S/c1-22-33(41-38-25-10-6-3-7-11-25)36(48)44(43-22)26-12-13-27-23(18-26)19-32(54-53-52-49)34(35(27)47)42-40-29-21-30(50-16-14-45)28(20-31(29)51-17-15-46)39-37-24-8-4-2-5-9-24/h2-13,18-21,45-49H,14-17H2,1H3/b39-37+,41-38+,42-40+. The summed E-state index contributed by atoms with van der Waals surface area (Å²) < 4.78 is 17.5. The van der Waals surface area contributed by atoms with Crippen LogP contribution < -0.4 is 9.47 Å². The van der Waals surface area contributed by atoms with Gasteiger partial charge in [-0.1, -0.05) is 41.4 Å². The minimum absolute atomic E-state index is 0.0665. The average molecular weight is 753 g/mol. The van der Waals surface area contributed by atoms with E-state index in [-0.39, 0.29) is 77.2 Å². The molecule has 6 rings (SSSR count). The van der Waals surface area contributed by atoms with Crippen molar-refractivity contribution in [2.75, 3.05) is 26.4 Å². The third-order valence-corrected chi connectivity index (χ3v) is 8.11. The van der Waals surface area contributed by atoms with Gasteiger partial charge in [0.15, 0.2) is 11.4 Å². The van der Waals surface area contributed by atoms with Crippen molar-refractivity contribution in [3.05, 3.63) is 103 Å². The van der Waals surface area contributed by atoms with Crippen molar-refractivity contribution >= 4 is 56.9 Å². The van der Waals surface area contributed by atoms with Crippen LogP contribution in [0.3, 0.4) is 0 Å². The second-order valence-electron chi connectivity index (χ2n) is 11.1. The van der Waals surface area contributed by atoms with Gasteiger partial charge in [-0.25, -0.2) is 5.26 Å². The van der Waals surface area contributed by atoms with Crippen LogP contribution in [0.2, 0.25) is 0 Å². The summed E-state index contributed by atoms with van der Waals surface area (Å²) in [6.07, 6.45) is 0. The molecule has 0 spiro atoms. The highest BCUT2D eigenvalue weighted by atomic mass is 32.2. The van der Waals surface area contributed by atoms with Gasteiger partial charge >= 0.3 is 0 Å². The Bertz CT molecular complexity index is 2310. The van der Waals surface area contributed by atoms with Crippen molar-refractivity contribution in [1.29, 1.82) is 0 Å². The number of fused-ring (bicyclic) bond motifs is 1. The van der Waals surface area contributed by atoms with E-state index in [1.165, 1.54) is 16.8 Å². The highest BCUT2D eigenvalue weighted by molar-refractivity contribution is 7.94. The Balaban J connectivity index is 1.38. The molecule has 0 saturated heterocycles. The number of ether oxygens (including phenoxy) is 2. The lowest BCUT2D eigenvalue weighted by molar-refractivity contribution is -0.432. The predicted molar refractivity (Wildman–Crippen MR) is 197 cm³/mol. The molecular formula is C36H32N8O9S. The number of rotatable bonds is 16. The molecular weight excluding hydrogens is 721 g/mol. The van der Waals surface area contributed by atoms with E-state index in [9.17, 15) is 20.4 Å². The molecule has 0 saturated carbocycles. The van der Waals surface area contributed by atoms with E-state index in [1.54, 1.807) is 55.5 Å². The van der Waals surface area contributed by atoms with Crippen LogP contribution in [-0.2, 0) is 9.37 Å².